The molecule has 5 nitrogen and oxygen atoms in total. The second-order valence-electron chi connectivity index (χ2n) is 4.88. The Bertz CT molecular complexity index is 437. The highest BCUT2D eigenvalue weighted by Gasteiger charge is 2.05. The molecule has 0 radical (unpaired) electrons. The highest BCUT2D eigenvalue weighted by atomic mass is 127. The van der Waals surface area contributed by atoms with Gasteiger partial charge in [0.05, 0.1) is 6.54 Å². The van der Waals surface area contributed by atoms with Crippen molar-refractivity contribution in [2.45, 2.75) is 46.2 Å². The van der Waals surface area contributed by atoms with Gasteiger partial charge in [-0.25, -0.2) is 4.99 Å². The molecular formula is C15H27IN4OS. The van der Waals surface area contributed by atoms with E-state index in [1.165, 1.54) is 5.56 Å². The molecule has 126 valence electrons. The van der Waals surface area contributed by atoms with Crippen LogP contribution in [0.4, 0.5) is 0 Å². The van der Waals surface area contributed by atoms with Gasteiger partial charge in [-0.3, -0.25) is 4.79 Å². The number of amides is 1. The van der Waals surface area contributed by atoms with E-state index in [0.717, 1.165) is 18.9 Å². The van der Waals surface area contributed by atoms with E-state index in [0.29, 0.717) is 19.5 Å². The molecule has 1 atom stereocenters. The molecule has 0 aromatic carbocycles. The molecule has 0 bridgehead atoms. The molecule has 3 N–H and O–H groups in total. The Morgan fingerprint density at radius 1 is 1.36 bits per heavy atom. The molecule has 22 heavy (non-hydrogen) atoms. The summed E-state index contributed by atoms with van der Waals surface area (Å²) in [5.41, 5.74) is 1.20. The van der Waals surface area contributed by atoms with Gasteiger partial charge in [0.25, 0.3) is 0 Å². The maximum absolute atomic E-state index is 11.7. The zero-order valence-corrected chi connectivity index (χ0v) is 16.7. The smallest absolute Gasteiger partial charge is 0.221 e. The first-order valence-corrected chi connectivity index (χ1v) is 8.42. The number of aliphatic imine (C=N–C) groups is 1. The van der Waals surface area contributed by atoms with Gasteiger partial charge in [0.2, 0.25) is 5.91 Å². The number of nitrogens with one attached hydrogen (secondary N) is 3. The summed E-state index contributed by atoms with van der Waals surface area (Å²) in [7, 11) is 0. The minimum atomic E-state index is 0. The molecule has 1 unspecified atom stereocenters. The molecule has 0 aliphatic rings. The van der Waals surface area contributed by atoms with Crippen molar-refractivity contribution in [2.24, 2.45) is 4.99 Å². The Hall–Kier alpha value is -0.830. The van der Waals surface area contributed by atoms with Crippen LogP contribution in [0.1, 0.15) is 39.2 Å². The van der Waals surface area contributed by atoms with E-state index in [1.807, 2.05) is 19.2 Å². The van der Waals surface area contributed by atoms with Crippen LogP contribution in [0, 0.1) is 0 Å². The van der Waals surface area contributed by atoms with Gasteiger partial charge in [0, 0.05) is 25.6 Å². The second kappa shape index (κ2) is 12.7. The van der Waals surface area contributed by atoms with E-state index in [-0.39, 0.29) is 35.9 Å². The monoisotopic (exact) mass is 438 g/mol. The number of halogens is 1. The minimum Gasteiger partial charge on any atom is -0.357 e. The summed E-state index contributed by atoms with van der Waals surface area (Å²) in [5, 5.41) is 13.5. The fourth-order valence-corrected chi connectivity index (χ4v) is 2.30. The van der Waals surface area contributed by atoms with Crippen LogP contribution in [0.2, 0.25) is 0 Å². The lowest BCUT2D eigenvalue weighted by atomic mass is 10.2. The van der Waals surface area contributed by atoms with Crippen molar-refractivity contribution >= 4 is 47.2 Å². The molecule has 1 heterocycles. The van der Waals surface area contributed by atoms with E-state index in [1.54, 1.807) is 11.3 Å². The van der Waals surface area contributed by atoms with Crippen molar-refractivity contribution < 1.29 is 4.79 Å². The standard InChI is InChI=1S/C15H26N4OS.HI/c1-4-12(3)19-14(20)6-8-17-15(16-5-2)18-10-13-7-9-21-11-13;/h7,9,11-12H,4-6,8,10H2,1-3H3,(H,19,20)(H2,16,17,18);1H. The Morgan fingerprint density at radius 2 is 2.14 bits per heavy atom. The number of hydrogen-bond donors (Lipinski definition) is 3. The maximum atomic E-state index is 11.7. The molecule has 0 aliphatic carbocycles. The average Bonchev–Trinajstić information content (AvgIpc) is 2.97. The van der Waals surface area contributed by atoms with Gasteiger partial charge in [-0.2, -0.15) is 11.3 Å². The van der Waals surface area contributed by atoms with E-state index >= 15 is 0 Å². The number of guanidine groups is 1. The summed E-state index contributed by atoms with van der Waals surface area (Å²) in [4.78, 5) is 16.2. The van der Waals surface area contributed by atoms with Crippen LogP contribution >= 0.6 is 35.3 Å². The van der Waals surface area contributed by atoms with Gasteiger partial charge in [0.1, 0.15) is 0 Å². The first-order chi connectivity index (χ1) is 10.2. The molecule has 1 amide bonds. The number of carbonyl (C=O) groups excluding carboxylic acids is 1. The van der Waals surface area contributed by atoms with Crippen molar-refractivity contribution in [2.75, 3.05) is 13.1 Å². The minimum absolute atomic E-state index is 0. The van der Waals surface area contributed by atoms with E-state index < -0.39 is 0 Å². The molecule has 1 aromatic heterocycles. The van der Waals surface area contributed by atoms with E-state index in [9.17, 15) is 4.79 Å². The predicted octanol–water partition coefficient (Wildman–Crippen LogP) is 2.73. The number of carbonyl (C=O) groups is 1. The molecule has 1 rings (SSSR count). The van der Waals surface area contributed by atoms with Gasteiger partial charge in [-0.1, -0.05) is 6.92 Å². The normalized spacial score (nSPS) is 12.2. The van der Waals surface area contributed by atoms with Crippen LogP contribution in [-0.4, -0.2) is 31.0 Å². The lowest BCUT2D eigenvalue weighted by molar-refractivity contribution is -0.121. The Morgan fingerprint density at radius 3 is 2.73 bits per heavy atom. The zero-order valence-electron chi connectivity index (χ0n) is 13.5. The molecule has 0 aliphatic heterocycles. The largest absolute Gasteiger partial charge is 0.357 e. The van der Waals surface area contributed by atoms with Crippen LogP contribution in [0.5, 0.6) is 0 Å². The fourth-order valence-electron chi connectivity index (χ4n) is 1.64. The highest BCUT2D eigenvalue weighted by Crippen LogP contribution is 2.06. The predicted molar refractivity (Wildman–Crippen MR) is 105 cm³/mol. The summed E-state index contributed by atoms with van der Waals surface area (Å²) >= 11 is 1.67. The number of hydrogen-bond acceptors (Lipinski definition) is 3. The molecule has 0 fully saturated rings. The Balaban J connectivity index is 0.00000441. The van der Waals surface area contributed by atoms with Gasteiger partial charge >= 0.3 is 0 Å². The number of rotatable bonds is 8. The average molecular weight is 438 g/mol. The van der Waals surface area contributed by atoms with Crippen LogP contribution in [-0.2, 0) is 11.3 Å². The van der Waals surface area contributed by atoms with E-state index in [4.69, 9.17) is 0 Å². The first-order valence-electron chi connectivity index (χ1n) is 7.48. The quantitative estimate of drug-likeness (QED) is 0.332. The first kappa shape index (κ1) is 21.2. The Labute approximate surface area is 154 Å². The van der Waals surface area contributed by atoms with Gasteiger partial charge in [0.15, 0.2) is 5.96 Å². The van der Waals surface area contributed by atoms with Crippen molar-refractivity contribution in [3.05, 3.63) is 22.4 Å². The third kappa shape index (κ3) is 9.24. The third-order valence-corrected chi connectivity index (χ3v) is 3.74. The summed E-state index contributed by atoms with van der Waals surface area (Å²) in [6.07, 6.45) is 1.40. The maximum Gasteiger partial charge on any atom is 0.221 e. The summed E-state index contributed by atoms with van der Waals surface area (Å²) in [6, 6.07) is 2.30. The van der Waals surface area contributed by atoms with E-state index in [2.05, 4.69) is 39.3 Å². The van der Waals surface area contributed by atoms with Crippen molar-refractivity contribution in [3.8, 4) is 0 Å². The second-order valence-corrected chi connectivity index (χ2v) is 5.66. The van der Waals surface area contributed by atoms with Crippen LogP contribution < -0.4 is 16.0 Å². The molecule has 0 spiro atoms. The van der Waals surface area contributed by atoms with Crippen molar-refractivity contribution in [1.29, 1.82) is 0 Å². The van der Waals surface area contributed by atoms with Gasteiger partial charge < -0.3 is 16.0 Å². The van der Waals surface area contributed by atoms with Gasteiger partial charge in [-0.05, 0) is 42.7 Å². The van der Waals surface area contributed by atoms with Crippen LogP contribution in [0.25, 0.3) is 0 Å². The number of nitrogens with zero attached hydrogens (tertiary/aromatic N) is 1. The zero-order chi connectivity index (χ0) is 15.5. The van der Waals surface area contributed by atoms with Gasteiger partial charge in [-0.15, -0.1) is 24.0 Å². The van der Waals surface area contributed by atoms with Crippen LogP contribution in [0.3, 0.4) is 0 Å². The molecular weight excluding hydrogens is 411 g/mol. The third-order valence-electron chi connectivity index (χ3n) is 3.01. The summed E-state index contributed by atoms with van der Waals surface area (Å²) < 4.78 is 0. The van der Waals surface area contributed by atoms with Crippen molar-refractivity contribution in [3.63, 3.8) is 0 Å². The topological polar surface area (TPSA) is 65.5 Å². The summed E-state index contributed by atoms with van der Waals surface area (Å²) in [6.45, 7) is 8.13. The molecule has 0 saturated carbocycles. The molecule has 0 saturated heterocycles. The Kier molecular flexibility index (Phi) is 12.2. The molecule has 7 heteroatoms. The van der Waals surface area contributed by atoms with Crippen LogP contribution in [0.15, 0.2) is 21.8 Å². The fraction of sp³-hybridized carbons (Fsp3) is 0.600. The highest BCUT2D eigenvalue weighted by molar-refractivity contribution is 14.0. The SMILES string of the molecule is CCNC(=NCc1ccsc1)NCCC(=O)NC(C)CC.I. The summed E-state index contributed by atoms with van der Waals surface area (Å²) in [5.74, 6) is 0.825. The lowest BCUT2D eigenvalue weighted by Gasteiger charge is -2.13. The molecule has 1 aromatic rings. The van der Waals surface area contributed by atoms with Crippen molar-refractivity contribution in [1.82, 2.24) is 16.0 Å². The lowest BCUT2D eigenvalue weighted by Crippen LogP contribution is -2.40. The number of thiophene rings is 1.